The molecule has 1 atom stereocenters. The van der Waals surface area contributed by atoms with E-state index in [1.165, 1.54) is 18.3 Å². The van der Waals surface area contributed by atoms with Crippen molar-refractivity contribution in [1.29, 1.82) is 0 Å². The largest absolute Gasteiger partial charge is 0.490 e. The smallest absolute Gasteiger partial charge is 0.400 e. The van der Waals surface area contributed by atoms with Crippen molar-refractivity contribution < 1.29 is 14.1 Å². The first kappa shape index (κ1) is 14.1. The maximum atomic E-state index is 11.2. The fourth-order valence-electron chi connectivity index (χ4n) is 2.96. The maximum Gasteiger partial charge on any atom is 0.490 e. The number of nitrogens with zero attached hydrogens (tertiary/aromatic N) is 1. The number of carbonyl (C=O) groups excluding carboxylic acids is 1. The van der Waals surface area contributed by atoms with Crippen LogP contribution in [0, 0.1) is 5.92 Å². The van der Waals surface area contributed by atoms with Crippen molar-refractivity contribution in [2.24, 2.45) is 5.92 Å². The van der Waals surface area contributed by atoms with Gasteiger partial charge < -0.3 is 14.2 Å². The van der Waals surface area contributed by atoms with Gasteiger partial charge in [0.1, 0.15) is 0 Å². The second kappa shape index (κ2) is 4.60. The predicted molar refractivity (Wildman–Crippen MR) is 78.1 cm³/mol. The minimum absolute atomic E-state index is 0.246. The van der Waals surface area contributed by atoms with Crippen LogP contribution in [0.3, 0.4) is 0 Å². The van der Waals surface area contributed by atoms with Crippen LogP contribution in [0.25, 0.3) is 0 Å². The van der Waals surface area contributed by atoms with Crippen LogP contribution in [0.2, 0.25) is 0 Å². The van der Waals surface area contributed by atoms with E-state index in [1.54, 1.807) is 0 Å². The number of amides is 1. The lowest BCUT2D eigenvalue weighted by Crippen LogP contribution is -2.41. The predicted octanol–water partition coefficient (Wildman–Crippen LogP) is 2.18. The van der Waals surface area contributed by atoms with Gasteiger partial charge in [-0.25, -0.2) is 0 Å². The molecule has 0 aromatic rings. The summed E-state index contributed by atoms with van der Waals surface area (Å²) in [6.45, 7) is 9.08. The maximum absolute atomic E-state index is 11.2. The van der Waals surface area contributed by atoms with Crippen molar-refractivity contribution >= 4 is 13.5 Å². The Bertz CT molecular complexity index is 426. The highest BCUT2D eigenvalue weighted by Gasteiger charge is 2.53. The monoisotopic (exact) mass is 277 g/mol. The van der Waals surface area contributed by atoms with Crippen molar-refractivity contribution in [1.82, 2.24) is 4.90 Å². The molecule has 2 heterocycles. The number of rotatable bonds is 3. The molecule has 1 unspecified atom stereocenters. The van der Waals surface area contributed by atoms with E-state index in [1.807, 2.05) is 4.90 Å². The van der Waals surface area contributed by atoms with Crippen molar-refractivity contribution in [3.05, 3.63) is 11.5 Å². The minimum Gasteiger partial charge on any atom is -0.400 e. The number of hydrogen-bond donors (Lipinski definition) is 0. The molecule has 2 fully saturated rings. The van der Waals surface area contributed by atoms with Gasteiger partial charge in [0.2, 0.25) is 6.41 Å². The molecule has 110 valence electrons. The van der Waals surface area contributed by atoms with Crippen molar-refractivity contribution in [2.45, 2.75) is 64.2 Å². The van der Waals surface area contributed by atoms with E-state index in [9.17, 15) is 4.79 Å². The normalized spacial score (nSPS) is 32.2. The van der Waals surface area contributed by atoms with Gasteiger partial charge in [-0.15, -0.1) is 0 Å². The first-order chi connectivity index (χ1) is 9.34. The summed E-state index contributed by atoms with van der Waals surface area (Å²) in [6, 6.07) is 0.246. The Morgan fingerprint density at radius 3 is 2.35 bits per heavy atom. The third-order valence-electron chi connectivity index (χ3n) is 5.22. The second-order valence-electron chi connectivity index (χ2n) is 7.25. The summed E-state index contributed by atoms with van der Waals surface area (Å²) in [6.07, 6.45) is 6.50. The van der Waals surface area contributed by atoms with E-state index in [-0.39, 0.29) is 24.4 Å². The van der Waals surface area contributed by atoms with Crippen LogP contribution in [-0.4, -0.2) is 42.2 Å². The van der Waals surface area contributed by atoms with E-state index in [0.29, 0.717) is 5.92 Å². The van der Waals surface area contributed by atoms with Gasteiger partial charge in [-0.1, -0.05) is 6.08 Å². The molecule has 0 bridgehead atoms. The minimum atomic E-state index is -0.296. The lowest BCUT2D eigenvalue weighted by Gasteiger charge is -2.32. The Balaban J connectivity index is 1.79. The molecule has 3 aliphatic rings. The van der Waals surface area contributed by atoms with Crippen LogP contribution >= 0.6 is 0 Å². The molecule has 1 aliphatic carbocycles. The molecular weight excluding hydrogens is 253 g/mol. The van der Waals surface area contributed by atoms with Crippen molar-refractivity contribution in [3.8, 4) is 0 Å². The highest BCUT2D eigenvalue weighted by Crippen LogP contribution is 2.42. The Hall–Kier alpha value is -0.805. The SMILES string of the molecule is CC1(C)OB(C2=CC(C3CC3)N(C=O)CC2)OC1(C)C. The van der Waals surface area contributed by atoms with E-state index < -0.39 is 0 Å². The van der Waals surface area contributed by atoms with E-state index in [0.717, 1.165) is 19.4 Å². The molecule has 5 heteroatoms. The molecule has 4 nitrogen and oxygen atoms in total. The van der Waals surface area contributed by atoms with Gasteiger partial charge in [0, 0.05) is 6.54 Å². The van der Waals surface area contributed by atoms with Crippen molar-refractivity contribution in [3.63, 3.8) is 0 Å². The molecule has 0 spiro atoms. The average Bonchev–Trinajstić information content (AvgIpc) is 3.17. The molecule has 0 aromatic carbocycles. The Morgan fingerprint density at radius 2 is 1.85 bits per heavy atom. The molecule has 0 radical (unpaired) electrons. The zero-order chi connectivity index (χ0) is 14.5. The van der Waals surface area contributed by atoms with Gasteiger partial charge >= 0.3 is 7.12 Å². The lowest BCUT2D eigenvalue weighted by molar-refractivity contribution is -0.120. The summed E-state index contributed by atoms with van der Waals surface area (Å²) in [4.78, 5) is 13.1. The van der Waals surface area contributed by atoms with Crippen LogP contribution < -0.4 is 0 Å². The number of carbonyl (C=O) groups is 1. The molecule has 3 rings (SSSR count). The Labute approximate surface area is 121 Å². The van der Waals surface area contributed by atoms with E-state index in [2.05, 4.69) is 33.8 Å². The molecule has 1 saturated heterocycles. The molecule has 2 aliphatic heterocycles. The summed E-state index contributed by atoms with van der Waals surface area (Å²) in [5.74, 6) is 0.637. The van der Waals surface area contributed by atoms with Crippen LogP contribution in [0.1, 0.15) is 47.0 Å². The molecular formula is C15H24BNO3. The molecule has 0 aromatic heterocycles. The van der Waals surface area contributed by atoms with E-state index >= 15 is 0 Å². The average molecular weight is 277 g/mol. The quantitative estimate of drug-likeness (QED) is 0.586. The summed E-state index contributed by atoms with van der Waals surface area (Å²) in [7, 11) is -0.255. The van der Waals surface area contributed by atoms with Crippen LogP contribution in [-0.2, 0) is 14.1 Å². The first-order valence-electron chi connectivity index (χ1n) is 7.61. The number of hydrogen-bond acceptors (Lipinski definition) is 3. The summed E-state index contributed by atoms with van der Waals surface area (Å²) < 4.78 is 12.2. The van der Waals surface area contributed by atoms with Gasteiger partial charge in [-0.05, 0) is 58.3 Å². The highest BCUT2D eigenvalue weighted by atomic mass is 16.7. The fraction of sp³-hybridized carbons (Fsp3) is 0.800. The second-order valence-corrected chi connectivity index (χ2v) is 7.25. The first-order valence-corrected chi connectivity index (χ1v) is 7.61. The molecule has 1 amide bonds. The van der Waals surface area contributed by atoms with E-state index in [4.69, 9.17) is 9.31 Å². The highest BCUT2D eigenvalue weighted by molar-refractivity contribution is 6.54. The van der Waals surface area contributed by atoms with Gasteiger partial charge in [0.15, 0.2) is 0 Å². The topological polar surface area (TPSA) is 38.8 Å². The van der Waals surface area contributed by atoms with Crippen molar-refractivity contribution in [2.75, 3.05) is 6.54 Å². The third kappa shape index (κ3) is 2.31. The third-order valence-corrected chi connectivity index (χ3v) is 5.22. The summed E-state index contributed by atoms with van der Waals surface area (Å²) in [5.41, 5.74) is 0.615. The zero-order valence-electron chi connectivity index (χ0n) is 12.9. The van der Waals surface area contributed by atoms with Gasteiger partial charge in [0.05, 0.1) is 17.2 Å². The lowest BCUT2D eigenvalue weighted by atomic mass is 9.73. The van der Waals surface area contributed by atoms with Gasteiger partial charge in [-0.3, -0.25) is 4.79 Å². The molecule has 20 heavy (non-hydrogen) atoms. The fourth-order valence-corrected chi connectivity index (χ4v) is 2.96. The molecule has 1 saturated carbocycles. The Morgan fingerprint density at radius 1 is 1.25 bits per heavy atom. The van der Waals surface area contributed by atoms with Gasteiger partial charge in [-0.2, -0.15) is 0 Å². The zero-order valence-corrected chi connectivity index (χ0v) is 12.9. The van der Waals surface area contributed by atoms with Crippen LogP contribution in [0.15, 0.2) is 11.5 Å². The van der Waals surface area contributed by atoms with Gasteiger partial charge in [0.25, 0.3) is 0 Å². The Kier molecular flexibility index (Phi) is 3.25. The van der Waals surface area contributed by atoms with Crippen LogP contribution in [0.5, 0.6) is 0 Å². The van der Waals surface area contributed by atoms with Crippen LogP contribution in [0.4, 0.5) is 0 Å². The summed E-state index contributed by atoms with van der Waals surface area (Å²) in [5, 5.41) is 0. The summed E-state index contributed by atoms with van der Waals surface area (Å²) >= 11 is 0. The standard InChI is InChI=1S/C15H24BNO3/c1-14(2)15(3,4)20-16(19-14)12-7-8-17(10-18)13(9-12)11-5-6-11/h9-11,13H,5-8H2,1-4H3. The molecule has 0 N–H and O–H groups in total.